The van der Waals surface area contributed by atoms with E-state index in [-0.39, 0.29) is 19.2 Å². The SMILES string of the molecule is [O]CCCN1CCC(CF)CC1. The number of likely N-dealkylation sites (tertiary alicyclic amines) is 1. The van der Waals surface area contributed by atoms with Crippen molar-refractivity contribution in [3.63, 3.8) is 0 Å². The second-order valence-electron chi connectivity index (χ2n) is 3.50. The molecule has 0 aromatic rings. The fourth-order valence-corrected chi connectivity index (χ4v) is 1.65. The number of rotatable bonds is 4. The van der Waals surface area contributed by atoms with Gasteiger partial charge >= 0.3 is 0 Å². The van der Waals surface area contributed by atoms with Crippen molar-refractivity contribution in [3.8, 4) is 0 Å². The van der Waals surface area contributed by atoms with Crippen LogP contribution < -0.4 is 0 Å². The Morgan fingerprint density at radius 2 is 2.00 bits per heavy atom. The van der Waals surface area contributed by atoms with Crippen molar-refractivity contribution in [1.29, 1.82) is 0 Å². The van der Waals surface area contributed by atoms with Crippen LogP contribution in [0.5, 0.6) is 0 Å². The molecule has 1 saturated heterocycles. The van der Waals surface area contributed by atoms with Gasteiger partial charge in [0.25, 0.3) is 0 Å². The molecule has 2 nitrogen and oxygen atoms in total. The van der Waals surface area contributed by atoms with E-state index in [1.165, 1.54) is 0 Å². The molecule has 0 unspecified atom stereocenters. The number of alkyl halides is 1. The first-order valence-corrected chi connectivity index (χ1v) is 4.73. The molecular weight excluding hydrogens is 157 g/mol. The van der Waals surface area contributed by atoms with Crippen LogP contribution >= 0.6 is 0 Å². The summed E-state index contributed by atoms with van der Waals surface area (Å²) >= 11 is 0. The Bertz CT molecular complexity index is 113. The first kappa shape index (κ1) is 9.93. The van der Waals surface area contributed by atoms with Gasteiger partial charge in [0.05, 0.1) is 13.3 Å². The van der Waals surface area contributed by atoms with Gasteiger partial charge < -0.3 is 4.90 Å². The lowest BCUT2D eigenvalue weighted by molar-refractivity contribution is 0.134. The molecule has 0 amide bonds. The molecular formula is C9H17FNO. The van der Waals surface area contributed by atoms with Gasteiger partial charge in [-0.15, -0.1) is 0 Å². The van der Waals surface area contributed by atoms with Crippen LogP contribution in [-0.4, -0.2) is 37.8 Å². The number of hydrogen-bond acceptors (Lipinski definition) is 1. The lowest BCUT2D eigenvalue weighted by Gasteiger charge is -2.30. The number of hydrogen-bond donors (Lipinski definition) is 0. The van der Waals surface area contributed by atoms with E-state index >= 15 is 0 Å². The Labute approximate surface area is 73.4 Å². The van der Waals surface area contributed by atoms with Crippen molar-refractivity contribution < 1.29 is 9.50 Å². The number of halogens is 1. The van der Waals surface area contributed by atoms with Gasteiger partial charge in [-0.2, -0.15) is 0 Å². The van der Waals surface area contributed by atoms with Crippen LogP contribution in [0, 0.1) is 5.92 Å². The molecule has 0 atom stereocenters. The van der Waals surface area contributed by atoms with E-state index in [9.17, 15) is 9.50 Å². The van der Waals surface area contributed by atoms with Crippen molar-refractivity contribution in [1.82, 2.24) is 4.90 Å². The van der Waals surface area contributed by atoms with Gasteiger partial charge in [0.1, 0.15) is 0 Å². The summed E-state index contributed by atoms with van der Waals surface area (Å²) in [6.45, 7) is 2.71. The molecule has 71 valence electrons. The van der Waals surface area contributed by atoms with Gasteiger partial charge in [-0.3, -0.25) is 4.39 Å². The molecule has 0 bridgehead atoms. The topological polar surface area (TPSA) is 23.1 Å². The smallest absolute Gasteiger partial charge is 0.0923 e. The zero-order chi connectivity index (χ0) is 8.81. The van der Waals surface area contributed by atoms with Gasteiger partial charge in [-0.05, 0) is 38.3 Å². The Morgan fingerprint density at radius 3 is 2.50 bits per heavy atom. The lowest BCUT2D eigenvalue weighted by Crippen LogP contribution is -2.35. The summed E-state index contributed by atoms with van der Waals surface area (Å²) in [6, 6.07) is 0. The molecule has 1 rings (SSSR count). The highest BCUT2D eigenvalue weighted by molar-refractivity contribution is 4.71. The van der Waals surface area contributed by atoms with E-state index in [0.29, 0.717) is 0 Å². The molecule has 12 heavy (non-hydrogen) atoms. The maximum atomic E-state index is 12.2. The molecule has 0 spiro atoms. The molecule has 0 saturated carbocycles. The minimum atomic E-state index is -0.171. The molecule has 0 aromatic carbocycles. The van der Waals surface area contributed by atoms with Crippen molar-refractivity contribution in [2.45, 2.75) is 19.3 Å². The quantitative estimate of drug-likeness (QED) is 0.633. The summed E-state index contributed by atoms with van der Waals surface area (Å²) in [5.74, 6) is 0.286. The fraction of sp³-hybridized carbons (Fsp3) is 1.00. The van der Waals surface area contributed by atoms with Crippen LogP contribution in [0.15, 0.2) is 0 Å². The Balaban J connectivity index is 2.09. The van der Waals surface area contributed by atoms with Crippen LogP contribution in [-0.2, 0) is 5.11 Å². The lowest BCUT2D eigenvalue weighted by atomic mass is 9.98. The second kappa shape index (κ2) is 5.49. The second-order valence-corrected chi connectivity index (χ2v) is 3.50. The highest BCUT2D eigenvalue weighted by atomic mass is 19.1. The minimum Gasteiger partial charge on any atom is -0.303 e. The van der Waals surface area contributed by atoms with Crippen LogP contribution in [0.25, 0.3) is 0 Å². The first-order valence-electron chi connectivity index (χ1n) is 4.73. The minimum absolute atomic E-state index is 0.0169. The highest BCUT2D eigenvalue weighted by Gasteiger charge is 2.17. The molecule has 1 radical (unpaired) electrons. The Hall–Kier alpha value is -0.150. The Morgan fingerprint density at radius 1 is 1.33 bits per heavy atom. The van der Waals surface area contributed by atoms with E-state index in [1.807, 2.05) is 0 Å². The van der Waals surface area contributed by atoms with Crippen molar-refractivity contribution >= 4 is 0 Å². The normalized spacial score (nSPS) is 21.5. The number of nitrogens with zero attached hydrogens (tertiary/aromatic N) is 1. The largest absolute Gasteiger partial charge is 0.303 e. The van der Waals surface area contributed by atoms with Crippen LogP contribution in [0.4, 0.5) is 4.39 Å². The molecule has 0 aliphatic carbocycles. The predicted octanol–water partition coefficient (Wildman–Crippen LogP) is 1.49. The third-order valence-corrected chi connectivity index (χ3v) is 2.54. The van der Waals surface area contributed by atoms with Crippen LogP contribution in [0.1, 0.15) is 19.3 Å². The predicted molar refractivity (Wildman–Crippen MR) is 45.3 cm³/mol. The van der Waals surface area contributed by atoms with E-state index in [4.69, 9.17) is 0 Å². The third kappa shape index (κ3) is 3.07. The summed E-state index contributed by atoms with van der Waals surface area (Å²) in [6.07, 6.45) is 2.67. The summed E-state index contributed by atoms with van der Waals surface area (Å²) < 4.78 is 12.2. The average molecular weight is 174 g/mol. The molecule has 0 aromatic heterocycles. The van der Waals surface area contributed by atoms with E-state index in [2.05, 4.69) is 4.90 Å². The molecule has 1 heterocycles. The molecule has 0 N–H and O–H groups in total. The third-order valence-electron chi connectivity index (χ3n) is 2.54. The van der Waals surface area contributed by atoms with E-state index in [1.54, 1.807) is 0 Å². The molecule has 3 heteroatoms. The van der Waals surface area contributed by atoms with Gasteiger partial charge in [0, 0.05) is 6.54 Å². The summed E-state index contributed by atoms with van der Waals surface area (Å²) in [7, 11) is 0. The zero-order valence-electron chi connectivity index (χ0n) is 7.47. The first-order chi connectivity index (χ1) is 5.86. The van der Waals surface area contributed by atoms with Crippen LogP contribution in [0.2, 0.25) is 0 Å². The van der Waals surface area contributed by atoms with Gasteiger partial charge in [0.15, 0.2) is 0 Å². The van der Waals surface area contributed by atoms with Crippen molar-refractivity contribution in [3.05, 3.63) is 0 Å². The van der Waals surface area contributed by atoms with E-state index < -0.39 is 0 Å². The Kier molecular flexibility index (Phi) is 4.54. The van der Waals surface area contributed by atoms with Gasteiger partial charge in [-0.1, -0.05) is 0 Å². The van der Waals surface area contributed by atoms with Gasteiger partial charge in [-0.25, -0.2) is 5.11 Å². The van der Waals surface area contributed by atoms with Crippen LogP contribution in [0.3, 0.4) is 0 Å². The standard InChI is InChI=1S/C9H17FNO/c10-8-9-2-5-11(6-3-9)4-1-7-12/h9H,1-8H2. The summed E-state index contributed by atoms with van der Waals surface area (Å²) in [5.41, 5.74) is 0. The van der Waals surface area contributed by atoms with Gasteiger partial charge in [0.2, 0.25) is 0 Å². The fourth-order valence-electron chi connectivity index (χ4n) is 1.65. The zero-order valence-corrected chi connectivity index (χ0v) is 7.47. The molecule has 1 fully saturated rings. The summed E-state index contributed by atoms with van der Waals surface area (Å²) in [4.78, 5) is 2.27. The van der Waals surface area contributed by atoms with Crippen molar-refractivity contribution in [2.75, 3.05) is 32.9 Å². The van der Waals surface area contributed by atoms with Crippen molar-refractivity contribution in [2.24, 2.45) is 5.92 Å². The molecule has 1 aliphatic heterocycles. The van der Waals surface area contributed by atoms with E-state index in [0.717, 1.165) is 38.9 Å². The summed E-state index contributed by atoms with van der Waals surface area (Å²) in [5, 5.41) is 10.2. The highest BCUT2D eigenvalue weighted by Crippen LogP contribution is 2.17. The maximum Gasteiger partial charge on any atom is 0.0923 e. The average Bonchev–Trinajstić information content (AvgIpc) is 2.15. The number of piperidine rings is 1. The molecule has 1 aliphatic rings. The monoisotopic (exact) mass is 174 g/mol. The maximum absolute atomic E-state index is 12.2.